The first kappa shape index (κ1) is 27.5. The summed E-state index contributed by atoms with van der Waals surface area (Å²) in [5.41, 5.74) is 4.34. The van der Waals surface area contributed by atoms with Crippen LogP contribution in [-0.2, 0) is 30.5 Å². The van der Waals surface area contributed by atoms with E-state index in [4.69, 9.17) is 5.10 Å². The first-order chi connectivity index (χ1) is 19.7. The topological polar surface area (TPSA) is 90.3 Å². The minimum atomic E-state index is -4.42. The molecule has 3 aromatic heterocycles. The maximum Gasteiger partial charge on any atom is 0.416 e. The molecule has 2 N–H and O–H groups in total. The monoisotopic (exact) mass is 566 g/mol. The number of aliphatic hydroxyl groups is 1. The molecule has 2 aliphatic rings. The van der Waals surface area contributed by atoms with Crippen molar-refractivity contribution >= 4 is 16.9 Å². The predicted molar refractivity (Wildman–Crippen MR) is 148 cm³/mol. The number of H-pyrrole nitrogens is 1. The minimum absolute atomic E-state index is 0.0610. The molecule has 0 radical (unpaired) electrons. The van der Waals surface area contributed by atoms with E-state index in [1.807, 2.05) is 6.07 Å². The third kappa shape index (κ3) is 5.60. The number of benzene rings is 1. The number of piperidine rings is 1. The van der Waals surface area contributed by atoms with Crippen LogP contribution in [0.3, 0.4) is 0 Å². The first-order valence-electron chi connectivity index (χ1n) is 14.0. The van der Waals surface area contributed by atoms with Crippen molar-refractivity contribution in [3.8, 4) is 11.3 Å². The molecule has 1 unspecified atom stereocenters. The number of nitrogens with one attached hydrogen (secondary N) is 1. The van der Waals surface area contributed by atoms with Gasteiger partial charge in [0.05, 0.1) is 23.9 Å². The lowest BCUT2D eigenvalue weighted by atomic mass is 9.89. The zero-order valence-electron chi connectivity index (χ0n) is 22.9. The highest BCUT2D eigenvalue weighted by molar-refractivity contribution is 5.80. The molecular formula is C30H33F3N6O2. The van der Waals surface area contributed by atoms with E-state index in [1.165, 1.54) is 30.0 Å². The number of β-amino-alcohol motifs (C(OH)–C–C–N with tert-alkyl or cyclic N) is 1. The smallest absolute Gasteiger partial charge is 0.390 e. The highest BCUT2D eigenvalue weighted by atomic mass is 19.4. The Kier molecular flexibility index (Phi) is 7.33. The second-order valence-corrected chi connectivity index (χ2v) is 11.1. The molecule has 41 heavy (non-hydrogen) atoms. The van der Waals surface area contributed by atoms with E-state index in [1.54, 1.807) is 15.8 Å². The van der Waals surface area contributed by atoms with Crippen molar-refractivity contribution in [1.82, 2.24) is 29.5 Å². The number of alkyl halides is 3. The van der Waals surface area contributed by atoms with Crippen LogP contribution in [0.5, 0.6) is 0 Å². The number of hydrogen-bond donors (Lipinski definition) is 2. The van der Waals surface area contributed by atoms with E-state index in [0.717, 1.165) is 55.0 Å². The maximum atomic E-state index is 13.1. The van der Waals surface area contributed by atoms with Gasteiger partial charge < -0.3 is 19.9 Å². The number of aliphatic hydroxyl groups excluding tert-OH is 1. The fourth-order valence-electron chi connectivity index (χ4n) is 6.26. The number of halogens is 3. The molecule has 8 nitrogen and oxygen atoms in total. The van der Waals surface area contributed by atoms with Gasteiger partial charge in [-0.1, -0.05) is 12.1 Å². The normalized spacial score (nSPS) is 17.6. The van der Waals surface area contributed by atoms with E-state index < -0.39 is 17.8 Å². The molecule has 1 aromatic carbocycles. The van der Waals surface area contributed by atoms with Crippen LogP contribution in [0, 0.1) is 0 Å². The third-order valence-electron chi connectivity index (χ3n) is 8.43. The number of hydrogen-bond acceptors (Lipinski definition) is 5. The Morgan fingerprint density at radius 2 is 1.88 bits per heavy atom. The van der Waals surface area contributed by atoms with E-state index in [0.29, 0.717) is 43.2 Å². The Morgan fingerprint density at radius 1 is 1.12 bits per heavy atom. The highest BCUT2D eigenvalue weighted by Gasteiger charge is 2.32. The standard InChI is InChI=1S/C30H33F3N6O2/c1-19(40)38-14-10-27-26(18-38)28(21-4-6-22(7-5-21)30(31,32)33)36-39(27)17-23(41)16-37-12-8-20(9-13-37)25-15-35-29-24(25)3-2-11-34-29/h2-7,11,15,20,23,41H,8-10,12-14,16-18H2,1H3,(H,34,35). The number of aromatic amines is 1. The molecule has 0 aliphatic carbocycles. The Bertz CT molecular complexity index is 1540. The molecule has 1 fully saturated rings. The number of carbonyl (C=O) groups is 1. The highest BCUT2D eigenvalue weighted by Crippen LogP contribution is 2.35. The number of fused-ring (bicyclic) bond motifs is 2. The summed E-state index contributed by atoms with van der Waals surface area (Å²) >= 11 is 0. The summed E-state index contributed by atoms with van der Waals surface area (Å²) in [5, 5.41) is 17.0. The van der Waals surface area contributed by atoms with Gasteiger partial charge in [-0.25, -0.2) is 4.98 Å². The third-order valence-corrected chi connectivity index (χ3v) is 8.43. The summed E-state index contributed by atoms with van der Waals surface area (Å²) in [5.74, 6) is 0.379. The fraction of sp³-hybridized carbons (Fsp3) is 0.433. The molecule has 1 saturated heterocycles. The van der Waals surface area contributed by atoms with Crippen molar-refractivity contribution < 1.29 is 23.1 Å². The summed E-state index contributed by atoms with van der Waals surface area (Å²) in [4.78, 5) is 23.8. The molecule has 1 amide bonds. The molecule has 0 saturated carbocycles. The Morgan fingerprint density at radius 3 is 2.59 bits per heavy atom. The number of carbonyl (C=O) groups excluding carboxylic acids is 1. The Labute approximate surface area is 235 Å². The predicted octanol–water partition coefficient (Wildman–Crippen LogP) is 4.59. The second kappa shape index (κ2) is 10.9. The van der Waals surface area contributed by atoms with Crippen LogP contribution in [0.4, 0.5) is 13.2 Å². The molecule has 2 aliphatic heterocycles. The molecule has 11 heteroatoms. The zero-order chi connectivity index (χ0) is 28.7. The maximum absolute atomic E-state index is 13.1. The number of aromatic nitrogens is 4. The van der Waals surface area contributed by atoms with Crippen molar-refractivity contribution in [3.63, 3.8) is 0 Å². The van der Waals surface area contributed by atoms with Gasteiger partial charge in [-0.2, -0.15) is 18.3 Å². The van der Waals surface area contributed by atoms with Gasteiger partial charge in [0.1, 0.15) is 5.65 Å². The Hall–Kier alpha value is -3.70. The largest absolute Gasteiger partial charge is 0.416 e. The van der Waals surface area contributed by atoms with Gasteiger partial charge in [-0.15, -0.1) is 0 Å². The lowest BCUT2D eigenvalue weighted by Gasteiger charge is -2.33. The first-order valence-corrected chi connectivity index (χ1v) is 14.0. The number of amides is 1. The summed E-state index contributed by atoms with van der Waals surface area (Å²) in [7, 11) is 0. The Balaban J connectivity index is 1.15. The molecule has 0 spiro atoms. The zero-order valence-corrected chi connectivity index (χ0v) is 22.9. The SMILES string of the molecule is CC(=O)N1CCc2c(c(-c3ccc(C(F)(F)F)cc3)nn2CC(O)CN2CCC(c3c[nH]c4ncccc34)CC2)C1. The molecule has 1 atom stereocenters. The molecular weight excluding hydrogens is 533 g/mol. The molecule has 4 aromatic rings. The van der Waals surface area contributed by atoms with Crippen LogP contribution in [0.1, 0.15) is 48.1 Å². The van der Waals surface area contributed by atoms with Crippen molar-refractivity contribution in [2.75, 3.05) is 26.2 Å². The summed E-state index contributed by atoms with van der Waals surface area (Å²) < 4.78 is 41.2. The molecule has 5 heterocycles. The van der Waals surface area contributed by atoms with Gasteiger partial charge in [0, 0.05) is 67.6 Å². The van der Waals surface area contributed by atoms with Crippen LogP contribution < -0.4 is 0 Å². The number of likely N-dealkylation sites (tertiary alicyclic amines) is 1. The van der Waals surface area contributed by atoms with Gasteiger partial charge in [-0.3, -0.25) is 9.48 Å². The average molecular weight is 567 g/mol. The van der Waals surface area contributed by atoms with Gasteiger partial charge in [0.25, 0.3) is 0 Å². The van der Waals surface area contributed by atoms with Crippen molar-refractivity contribution in [2.45, 2.75) is 57.5 Å². The second-order valence-electron chi connectivity index (χ2n) is 11.1. The van der Waals surface area contributed by atoms with E-state index in [2.05, 4.69) is 27.1 Å². The van der Waals surface area contributed by atoms with Gasteiger partial charge in [0.15, 0.2) is 0 Å². The fourth-order valence-corrected chi connectivity index (χ4v) is 6.26. The van der Waals surface area contributed by atoms with Crippen molar-refractivity contribution in [1.29, 1.82) is 0 Å². The van der Waals surface area contributed by atoms with Crippen molar-refractivity contribution in [2.24, 2.45) is 0 Å². The van der Waals surface area contributed by atoms with Gasteiger partial charge in [0.2, 0.25) is 5.91 Å². The number of rotatable bonds is 6. The quantitative estimate of drug-likeness (QED) is 0.356. The molecule has 6 rings (SSSR count). The van der Waals surface area contributed by atoms with Crippen LogP contribution in [-0.4, -0.2) is 72.8 Å². The van der Waals surface area contributed by atoms with Crippen LogP contribution in [0.25, 0.3) is 22.3 Å². The average Bonchev–Trinajstić information content (AvgIpc) is 3.54. The van der Waals surface area contributed by atoms with E-state index >= 15 is 0 Å². The molecule has 0 bridgehead atoms. The van der Waals surface area contributed by atoms with Crippen LogP contribution in [0.2, 0.25) is 0 Å². The molecule has 216 valence electrons. The lowest BCUT2D eigenvalue weighted by Crippen LogP contribution is -2.40. The van der Waals surface area contributed by atoms with Crippen LogP contribution in [0.15, 0.2) is 48.8 Å². The summed E-state index contributed by atoms with van der Waals surface area (Å²) in [6.07, 6.45) is 1.31. The number of pyridine rings is 1. The summed E-state index contributed by atoms with van der Waals surface area (Å²) in [6, 6.07) is 9.01. The minimum Gasteiger partial charge on any atom is -0.390 e. The van der Waals surface area contributed by atoms with Crippen LogP contribution >= 0.6 is 0 Å². The number of nitrogens with zero attached hydrogens (tertiary/aromatic N) is 5. The van der Waals surface area contributed by atoms with Gasteiger partial charge >= 0.3 is 6.18 Å². The lowest BCUT2D eigenvalue weighted by molar-refractivity contribution is -0.137. The van der Waals surface area contributed by atoms with E-state index in [-0.39, 0.29) is 12.5 Å². The summed E-state index contributed by atoms with van der Waals surface area (Å²) in [6.45, 7) is 4.91. The van der Waals surface area contributed by atoms with Crippen molar-refractivity contribution in [3.05, 3.63) is 71.2 Å². The van der Waals surface area contributed by atoms with Gasteiger partial charge in [-0.05, 0) is 61.7 Å². The van der Waals surface area contributed by atoms with E-state index in [9.17, 15) is 23.1 Å².